The second kappa shape index (κ2) is 10.4. The van der Waals surface area contributed by atoms with E-state index in [2.05, 4.69) is 0 Å². The molecule has 0 bridgehead atoms. The molecule has 0 aromatic rings. The molecule has 0 aliphatic carbocycles. The largest absolute Gasteiger partial charge is 0.483 e. The first-order valence-corrected chi connectivity index (χ1v) is 4.29. The van der Waals surface area contributed by atoms with Crippen LogP contribution in [0.4, 0.5) is 0 Å². The molecule has 0 saturated carbocycles. The van der Waals surface area contributed by atoms with Gasteiger partial charge in [-0.15, -0.1) is 0 Å². The van der Waals surface area contributed by atoms with Gasteiger partial charge in [-0.3, -0.25) is 4.79 Å². The highest BCUT2D eigenvalue weighted by molar-refractivity contribution is 5.32. The van der Waals surface area contributed by atoms with Gasteiger partial charge in [0.1, 0.15) is 0 Å². The van der Waals surface area contributed by atoms with Crippen LogP contribution in [0, 0.1) is 0 Å². The number of nitrogens with two attached hydrogens (primary N) is 1. The Kier molecular flexibility index (Phi) is 11.7. The number of hydrogen-bond donors (Lipinski definition) is 5. The van der Waals surface area contributed by atoms with Crippen molar-refractivity contribution >= 4 is 6.47 Å². The van der Waals surface area contributed by atoms with Gasteiger partial charge in [-0.2, -0.15) is 0 Å². The van der Waals surface area contributed by atoms with Gasteiger partial charge < -0.3 is 26.2 Å². The van der Waals surface area contributed by atoms with E-state index in [0.29, 0.717) is 19.3 Å². The minimum absolute atomic E-state index is 0.00347. The lowest BCUT2D eigenvalue weighted by atomic mass is 9.90. The molecule has 0 unspecified atom stereocenters. The maximum absolute atomic E-state index is 8.61. The summed E-state index contributed by atoms with van der Waals surface area (Å²) in [5.41, 5.74) is 5.15. The lowest BCUT2D eigenvalue weighted by Gasteiger charge is -2.26. The number of carboxylic acid groups (broad SMARTS) is 1. The van der Waals surface area contributed by atoms with Gasteiger partial charge in [0.15, 0.2) is 0 Å². The summed E-state index contributed by atoms with van der Waals surface area (Å²) >= 11 is 0. The first kappa shape index (κ1) is 15.8. The summed E-state index contributed by atoms with van der Waals surface area (Å²) < 4.78 is 0. The number of hydrogen-bond acceptors (Lipinski definition) is 5. The van der Waals surface area contributed by atoms with Crippen molar-refractivity contribution in [2.75, 3.05) is 19.8 Å². The number of carbonyl (C=O) groups is 1. The van der Waals surface area contributed by atoms with Crippen LogP contribution in [-0.4, -0.2) is 52.3 Å². The highest BCUT2D eigenvalue weighted by Crippen LogP contribution is 2.15. The third kappa shape index (κ3) is 9.40. The molecule has 14 heavy (non-hydrogen) atoms. The molecule has 0 saturated heterocycles. The zero-order valence-electron chi connectivity index (χ0n) is 8.09. The monoisotopic (exact) mass is 209 g/mol. The molecule has 0 spiro atoms. The second-order valence-electron chi connectivity index (χ2n) is 2.89. The zero-order valence-corrected chi connectivity index (χ0v) is 8.09. The van der Waals surface area contributed by atoms with E-state index in [-0.39, 0.29) is 26.3 Å². The molecule has 0 aromatic carbocycles. The topological polar surface area (TPSA) is 124 Å². The SMILES string of the molecule is NC(CCO)(CCO)CCO.O=CO. The van der Waals surface area contributed by atoms with Crippen LogP contribution in [0.5, 0.6) is 0 Å². The molecule has 0 rings (SSSR count). The summed E-state index contributed by atoms with van der Waals surface area (Å²) in [6.07, 6.45) is 1.27. The van der Waals surface area contributed by atoms with E-state index in [1.807, 2.05) is 0 Å². The Morgan fingerprint density at radius 2 is 1.21 bits per heavy atom. The first-order chi connectivity index (χ1) is 6.60. The van der Waals surface area contributed by atoms with Gasteiger partial charge >= 0.3 is 0 Å². The molecule has 6 nitrogen and oxygen atoms in total. The molecule has 6 heteroatoms. The van der Waals surface area contributed by atoms with Crippen molar-refractivity contribution in [3.63, 3.8) is 0 Å². The lowest BCUT2D eigenvalue weighted by Crippen LogP contribution is -2.42. The van der Waals surface area contributed by atoms with Gasteiger partial charge in [0.2, 0.25) is 0 Å². The van der Waals surface area contributed by atoms with Crippen LogP contribution < -0.4 is 5.73 Å². The van der Waals surface area contributed by atoms with Gasteiger partial charge in [0.25, 0.3) is 6.47 Å². The standard InChI is InChI=1S/C7H17NO3.CH2O2/c8-7(1-4-9,2-5-10)3-6-11;2-1-3/h9-11H,1-6,8H2;1H,(H,2,3). The van der Waals surface area contributed by atoms with Crippen LogP contribution in [0.15, 0.2) is 0 Å². The van der Waals surface area contributed by atoms with Gasteiger partial charge in [-0.1, -0.05) is 0 Å². The van der Waals surface area contributed by atoms with E-state index in [1.54, 1.807) is 0 Å². The number of aliphatic hydroxyl groups is 3. The normalized spacial score (nSPS) is 10.3. The molecule has 6 N–H and O–H groups in total. The first-order valence-electron chi connectivity index (χ1n) is 4.29. The van der Waals surface area contributed by atoms with Crippen LogP contribution in [0.3, 0.4) is 0 Å². The van der Waals surface area contributed by atoms with Gasteiger partial charge in [-0.25, -0.2) is 0 Å². The zero-order chi connectivity index (χ0) is 11.4. The molecule has 0 radical (unpaired) electrons. The minimum atomic E-state index is -0.599. The summed E-state index contributed by atoms with van der Waals surface area (Å²) in [4.78, 5) is 8.36. The third-order valence-electron chi connectivity index (χ3n) is 1.83. The van der Waals surface area contributed by atoms with E-state index >= 15 is 0 Å². The predicted octanol–water partition coefficient (Wildman–Crippen LogP) is -1.47. The minimum Gasteiger partial charge on any atom is -0.483 e. The fraction of sp³-hybridized carbons (Fsp3) is 0.875. The maximum Gasteiger partial charge on any atom is 0.290 e. The fourth-order valence-electron chi connectivity index (χ4n) is 1.04. The van der Waals surface area contributed by atoms with Crippen molar-refractivity contribution in [2.45, 2.75) is 24.8 Å². The van der Waals surface area contributed by atoms with E-state index in [0.717, 1.165) is 0 Å². The molecule has 0 aliphatic heterocycles. The molecule has 0 aliphatic rings. The van der Waals surface area contributed by atoms with Gasteiger partial charge in [0, 0.05) is 25.4 Å². The molecule has 0 atom stereocenters. The molecular formula is C8H19NO5. The van der Waals surface area contributed by atoms with Crippen molar-refractivity contribution in [1.82, 2.24) is 0 Å². The van der Waals surface area contributed by atoms with Crippen LogP contribution in [0.25, 0.3) is 0 Å². The molecule has 0 heterocycles. The Morgan fingerprint density at radius 1 is 1.00 bits per heavy atom. The smallest absolute Gasteiger partial charge is 0.290 e. The Bertz CT molecular complexity index is 114. The molecule has 86 valence electrons. The van der Waals surface area contributed by atoms with E-state index in [4.69, 9.17) is 31.0 Å². The van der Waals surface area contributed by atoms with E-state index < -0.39 is 5.54 Å². The summed E-state index contributed by atoms with van der Waals surface area (Å²) in [6, 6.07) is 0. The molecule has 0 fully saturated rings. The predicted molar refractivity (Wildman–Crippen MR) is 50.7 cm³/mol. The Hall–Kier alpha value is -0.690. The summed E-state index contributed by atoms with van der Waals surface area (Å²) in [7, 11) is 0. The Balaban J connectivity index is 0. The van der Waals surface area contributed by atoms with Gasteiger partial charge in [-0.05, 0) is 19.3 Å². The van der Waals surface area contributed by atoms with E-state index in [9.17, 15) is 0 Å². The lowest BCUT2D eigenvalue weighted by molar-refractivity contribution is -0.122. The van der Waals surface area contributed by atoms with Crippen molar-refractivity contribution in [2.24, 2.45) is 5.73 Å². The summed E-state index contributed by atoms with van der Waals surface area (Å²) in [6.45, 7) is -0.260. The average molecular weight is 209 g/mol. The maximum atomic E-state index is 8.61. The van der Waals surface area contributed by atoms with Crippen LogP contribution in [0.1, 0.15) is 19.3 Å². The fourth-order valence-corrected chi connectivity index (χ4v) is 1.04. The van der Waals surface area contributed by atoms with E-state index in [1.165, 1.54) is 0 Å². The molecular weight excluding hydrogens is 190 g/mol. The Morgan fingerprint density at radius 3 is 1.36 bits per heavy atom. The van der Waals surface area contributed by atoms with Crippen molar-refractivity contribution in [3.8, 4) is 0 Å². The van der Waals surface area contributed by atoms with Crippen LogP contribution in [-0.2, 0) is 4.79 Å². The average Bonchev–Trinajstić information content (AvgIpc) is 2.06. The van der Waals surface area contributed by atoms with Crippen molar-refractivity contribution in [1.29, 1.82) is 0 Å². The summed E-state index contributed by atoms with van der Waals surface area (Å²) in [5, 5.41) is 32.7. The highest BCUT2D eigenvalue weighted by Gasteiger charge is 2.22. The Labute approximate surface area is 83.0 Å². The molecule has 0 aromatic heterocycles. The number of rotatable bonds is 6. The quantitative estimate of drug-likeness (QED) is 0.340. The van der Waals surface area contributed by atoms with Crippen molar-refractivity contribution in [3.05, 3.63) is 0 Å². The van der Waals surface area contributed by atoms with Gasteiger partial charge in [0.05, 0.1) is 0 Å². The third-order valence-corrected chi connectivity index (χ3v) is 1.83. The van der Waals surface area contributed by atoms with Crippen molar-refractivity contribution < 1.29 is 25.2 Å². The molecule has 0 amide bonds. The second-order valence-corrected chi connectivity index (χ2v) is 2.89. The van der Waals surface area contributed by atoms with Crippen LogP contribution >= 0.6 is 0 Å². The number of aliphatic hydroxyl groups excluding tert-OH is 3. The highest BCUT2D eigenvalue weighted by atomic mass is 16.3. The summed E-state index contributed by atoms with van der Waals surface area (Å²) in [5.74, 6) is 0. The van der Waals surface area contributed by atoms with Crippen LogP contribution in [0.2, 0.25) is 0 Å².